The number of ketones is 1. The van der Waals surface area contributed by atoms with Crippen molar-refractivity contribution in [2.45, 2.75) is 113 Å². The third-order valence-electron chi connectivity index (χ3n) is 8.36. The van der Waals surface area contributed by atoms with Crippen LogP contribution in [0.5, 0.6) is 5.75 Å². The van der Waals surface area contributed by atoms with Crippen molar-refractivity contribution in [3.63, 3.8) is 0 Å². The van der Waals surface area contributed by atoms with Gasteiger partial charge < -0.3 is 5.11 Å². The summed E-state index contributed by atoms with van der Waals surface area (Å²) in [7, 11) is 0. The molecule has 1 aliphatic carbocycles. The van der Waals surface area contributed by atoms with Crippen molar-refractivity contribution in [1.82, 2.24) is 4.90 Å². The van der Waals surface area contributed by atoms with Gasteiger partial charge in [-0.2, -0.15) is 0 Å². The minimum absolute atomic E-state index is 0.144. The topological polar surface area (TPSA) is 40.5 Å². The van der Waals surface area contributed by atoms with E-state index in [0.29, 0.717) is 16.9 Å². The van der Waals surface area contributed by atoms with E-state index < -0.39 is 0 Å². The lowest BCUT2D eigenvalue weighted by atomic mass is 9.93. The van der Waals surface area contributed by atoms with Gasteiger partial charge in [0.25, 0.3) is 0 Å². The van der Waals surface area contributed by atoms with Crippen molar-refractivity contribution in [3.05, 3.63) is 60.2 Å². The molecule has 36 heavy (non-hydrogen) atoms. The molecule has 2 fully saturated rings. The number of phenolic OH excluding ortho intramolecular Hbond substituents is 1. The van der Waals surface area contributed by atoms with Crippen LogP contribution in [0.4, 0.5) is 0 Å². The second kappa shape index (κ2) is 14.2. The summed E-state index contributed by atoms with van der Waals surface area (Å²) in [6.07, 6.45) is 16.9. The largest absolute Gasteiger partial charge is 0.508 e. The number of rotatable bonds is 5. The number of fused-ring (bicyclic) bond motifs is 3. The molecule has 3 nitrogen and oxygen atoms in total. The third kappa shape index (κ3) is 8.11. The second-order valence-corrected chi connectivity index (χ2v) is 12.4. The summed E-state index contributed by atoms with van der Waals surface area (Å²) in [5.41, 5.74) is 0.706. The fraction of sp³-hybridized carbons (Fsp3) is 0.594. The van der Waals surface area contributed by atoms with Gasteiger partial charge in [-0.15, -0.1) is 11.8 Å². The maximum Gasteiger partial charge on any atom is 0.179 e. The van der Waals surface area contributed by atoms with Gasteiger partial charge in [-0.05, 0) is 87.9 Å². The first-order chi connectivity index (χ1) is 17.6. The number of hydrogen-bond donors (Lipinski definition) is 1. The first-order valence-corrected chi connectivity index (χ1v) is 15.3. The number of carbonyl (C=O) groups is 1. The molecule has 0 radical (unpaired) electrons. The van der Waals surface area contributed by atoms with E-state index in [1.54, 1.807) is 24.3 Å². The minimum atomic E-state index is -0.144. The van der Waals surface area contributed by atoms with Crippen LogP contribution in [0, 0.1) is 5.92 Å². The van der Waals surface area contributed by atoms with Crippen LogP contribution in [0.3, 0.4) is 0 Å². The number of benzene rings is 2. The Bertz CT molecular complexity index is 916. The molecule has 1 saturated heterocycles. The van der Waals surface area contributed by atoms with Crippen LogP contribution < -0.4 is 0 Å². The second-order valence-electron chi connectivity index (χ2n) is 11.1. The molecule has 2 aromatic rings. The molecule has 4 atom stereocenters. The van der Waals surface area contributed by atoms with Gasteiger partial charge in [0.15, 0.2) is 5.78 Å². The lowest BCUT2D eigenvalue weighted by molar-refractivity contribution is 0.0729. The van der Waals surface area contributed by atoms with Crippen molar-refractivity contribution in [3.8, 4) is 5.75 Å². The van der Waals surface area contributed by atoms with Crippen LogP contribution in [0.1, 0.15) is 101 Å². The van der Waals surface area contributed by atoms with E-state index in [0.717, 1.165) is 18.9 Å². The highest BCUT2D eigenvalue weighted by Gasteiger charge is 2.34. The smallest absolute Gasteiger partial charge is 0.179 e. The Morgan fingerprint density at radius 2 is 1.50 bits per heavy atom. The molecule has 4 unspecified atom stereocenters. The molecule has 2 aromatic carbocycles. The normalized spacial score (nSPS) is 25.9. The Kier molecular flexibility index (Phi) is 10.8. The zero-order valence-electron chi connectivity index (χ0n) is 22.1. The summed E-state index contributed by atoms with van der Waals surface area (Å²) in [4.78, 5) is 17.5. The van der Waals surface area contributed by atoms with Crippen LogP contribution in [0.25, 0.3) is 0 Å². The average molecular weight is 508 g/mol. The summed E-state index contributed by atoms with van der Waals surface area (Å²) in [5.74, 6) is 1.19. The fourth-order valence-electron chi connectivity index (χ4n) is 6.28. The van der Waals surface area contributed by atoms with E-state index in [4.69, 9.17) is 0 Å². The van der Waals surface area contributed by atoms with Gasteiger partial charge in [-0.1, -0.05) is 69.6 Å². The summed E-state index contributed by atoms with van der Waals surface area (Å²) in [5, 5.41) is 10.3. The monoisotopic (exact) mass is 507 g/mol. The third-order valence-corrected chi connectivity index (χ3v) is 9.62. The van der Waals surface area contributed by atoms with E-state index in [9.17, 15) is 9.90 Å². The lowest BCUT2D eigenvalue weighted by Gasteiger charge is -2.37. The van der Waals surface area contributed by atoms with Crippen molar-refractivity contribution < 1.29 is 9.90 Å². The number of nitrogens with zero attached hydrogens (tertiary/aromatic N) is 1. The number of thioether (sulfide) groups is 1. The average Bonchev–Trinajstić information content (AvgIpc) is 3.09. The van der Waals surface area contributed by atoms with E-state index in [-0.39, 0.29) is 17.6 Å². The van der Waals surface area contributed by atoms with Crippen molar-refractivity contribution >= 4 is 17.5 Å². The highest BCUT2D eigenvalue weighted by atomic mass is 32.2. The van der Waals surface area contributed by atoms with Crippen molar-refractivity contribution in [1.29, 1.82) is 0 Å². The van der Waals surface area contributed by atoms with Crippen LogP contribution in [0.15, 0.2) is 59.5 Å². The molecule has 1 aliphatic heterocycles. The Morgan fingerprint density at radius 1 is 0.833 bits per heavy atom. The standard InChI is InChI=1S/C32H45NO2S/c1-25(32(35)27-17-20-29(34)21-18-27)33-22-12-7-5-3-2-4-6-9-13-26-16-19-28(33)24-31(23-26)36-30-14-10-8-11-15-30/h8,10-11,14-15,17-18,20-21,25-26,28,31,34H,2-7,9,12-13,16,19,22-24H2,1H3. The van der Waals surface area contributed by atoms with Gasteiger partial charge in [0, 0.05) is 21.8 Å². The van der Waals surface area contributed by atoms with Crippen molar-refractivity contribution in [2.75, 3.05) is 6.54 Å². The molecule has 0 amide bonds. The molecular weight excluding hydrogens is 462 g/mol. The highest BCUT2D eigenvalue weighted by molar-refractivity contribution is 8.00. The minimum Gasteiger partial charge on any atom is -0.508 e. The molecule has 1 saturated carbocycles. The molecule has 1 heterocycles. The van der Waals surface area contributed by atoms with Crippen molar-refractivity contribution in [2.24, 2.45) is 5.92 Å². The summed E-state index contributed by atoms with van der Waals surface area (Å²) in [6, 6.07) is 18.0. The van der Waals surface area contributed by atoms with E-state index in [1.807, 2.05) is 0 Å². The number of carbonyl (C=O) groups excluding carboxylic acids is 1. The summed E-state index contributed by atoms with van der Waals surface area (Å²) in [6.45, 7) is 3.12. The number of aromatic hydroxyl groups is 1. The number of hydrogen-bond acceptors (Lipinski definition) is 4. The zero-order valence-corrected chi connectivity index (χ0v) is 22.9. The molecule has 196 valence electrons. The Labute approximate surface area is 223 Å². The predicted octanol–water partition coefficient (Wildman–Crippen LogP) is 8.51. The maximum absolute atomic E-state index is 13.6. The zero-order chi connectivity index (χ0) is 25.2. The van der Waals surface area contributed by atoms with E-state index in [1.165, 1.54) is 81.9 Å². The molecule has 0 spiro atoms. The highest BCUT2D eigenvalue weighted by Crippen LogP contribution is 2.39. The van der Waals surface area contributed by atoms with Gasteiger partial charge in [-0.25, -0.2) is 0 Å². The molecular formula is C32H45NO2S. The summed E-state index contributed by atoms with van der Waals surface area (Å²) < 4.78 is 0. The fourth-order valence-corrected chi connectivity index (χ4v) is 7.67. The SMILES string of the molecule is CC(C(=O)c1ccc(O)cc1)N1CCCCCCCCCCC2CCC1CC(Sc1ccccc1)C2. The van der Waals surface area contributed by atoms with Crippen LogP contribution in [0.2, 0.25) is 0 Å². The van der Waals surface area contributed by atoms with Crippen LogP contribution in [-0.4, -0.2) is 39.7 Å². The van der Waals surface area contributed by atoms with E-state index >= 15 is 0 Å². The first kappa shape index (κ1) is 27.3. The molecule has 2 aliphatic rings. The van der Waals surface area contributed by atoms with Gasteiger partial charge in [0.1, 0.15) is 5.75 Å². The first-order valence-electron chi connectivity index (χ1n) is 14.4. The quantitative estimate of drug-likeness (QED) is 0.412. The van der Waals surface area contributed by atoms with Gasteiger partial charge in [0.05, 0.1) is 6.04 Å². The Hall–Kier alpha value is -1.78. The maximum atomic E-state index is 13.6. The molecule has 1 N–H and O–H groups in total. The van der Waals surface area contributed by atoms with Gasteiger partial charge in [0.2, 0.25) is 0 Å². The summed E-state index contributed by atoms with van der Waals surface area (Å²) >= 11 is 2.06. The molecule has 0 aromatic heterocycles. The van der Waals surface area contributed by atoms with Gasteiger partial charge >= 0.3 is 0 Å². The van der Waals surface area contributed by atoms with Gasteiger partial charge in [-0.3, -0.25) is 9.69 Å². The number of Topliss-reactive ketones (excluding diaryl/α,β-unsaturated/α-hetero) is 1. The van der Waals surface area contributed by atoms with Crippen LogP contribution >= 0.6 is 11.8 Å². The Balaban J connectivity index is 1.56. The van der Waals surface area contributed by atoms with Crippen LogP contribution in [-0.2, 0) is 0 Å². The lowest BCUT2D eigenvalue weighted by Crippen LogP contribution is -2.47. The number of phenols is 1. The molecule has 4 heteroatoms. The van der Waals surface area contributed by atoms with E-state index in [2.05, 4.69) is 53.9 Å². The molecule has 4 rings (SSSR count). The molecule has 2 bridgehead atoms. The predicted molar refractivity (Wildman–Crippen MR) is 152 cm³/mol. The Morgan fingerprint density at radius 3 is 2.22 bits per heavy atom.